The molecule has 284 valence electrons. The van der Waals surface area contributed by atoms with Gasteiger partial charge in [0.25, 0.3) is 5.91 Å². The molecule has 1 fully saturated rings. The maximum absolute atomic E-state index is 14.4. The van der Waals surface area contributed by atoms with Gasteiger partial charge in [-0.2, -0.15) is 17.5 Å². The highest BCUT2D eigenvalue weighted by Crippen LogP contribution is 2.33. The summed E-state index contributed by atoms with van der Waals surface area (Å²) < 4.78 is 73.7. The number of aliphatic carboxylic acids is 1. The Bertz CT molecular complexity index is 2260. The number of halogens is 3. The lowest BCUT2D eigenvalue weighted by atomic mass is 9.98. The summed E-state index contributed by atoms with van der Waals surface area (Å²) in [7, 11) is -3.17. The van der Waals surface area contributed by atoms with E-state index in [-0.39, 0.29) is 35.5 Å². The fourth-order valence-corrected chi connectivity index (χ4v) is 8.69. The Morgan fingerprint density at radius 1 is 0.800 bits per heavy atom. The molecule has 55 heavy (non-hydrogen) atoms. The van der Waals surface area contributed by atoms with Crippen LogP contribution in [0.25, 0.3) is 22.3 Å². The molecule has 1 aliphatic heterocycles. The minimum absolute atomic E-state index is 0.0745. The Balaban J connectivity index is 1.33. The van der Waals surface area contributed by atoms with Crippen molar-refractivity contribution < 1.29 is 45.8 Å². The van der Waals surface area contributed by atoms with Crippen LogP contribution in [-0.4, -0.2) is 72.9 Å². The van der Waals surface area contributed by atoms with E-state index in [0.29, 0.717) is 29.5 Å². The van der Waals surface area contributed by atoms with Gasteiger partial charge in [0.2, 0.25) is 10.0 Å². The van der Waals surface area contributed by atoms with E-state index in [2.05, 4.69) is 0 Å². The minimum atomic E-state index is -4.50. The van der Waals surface area contributed by atoms with E-state index in [0.717, 1.165) is 30.4 Å². The maximum Gasteiger partial charge on any atom is 0.416 e. The number of alkyl halides is 3. The summed E-state index contributed by atoms with van der Waals surface area (Å²) in [6, 6.07) is 30.9. The van der Waals surface area contributed by atoms with Crippen LogP contribution in [0, 0.1) is 0 Å². The highest BCUT2D eigenvalue weighted by Gasteiger charge is 2.41. The number of carboxylic acid groups (broad SMARTS) is 1. The number of rotatable bonds is 12. The fraction of sp³-hybridized carbons (Fsp3) is 0.214. The van der Waals surface area contributed by atoms with Gasteiger partial charge < -0.3 is 14.7 Å². The molecule has 1 N–H and O–H groups in total. The monoisotopic (exact) mass is 770 g/mol. The number of carboxylic acids is 1. The molecule has 13 heteroatoms. The molecule has 6 rings (SSSR count). The Labute approximate surface area is 316 Å². The van der Waals surface area contributed by atoms with Gasteiger partial charge in [0.15, 0.2) is 0 Å². The predicted octanol–water partition coefficient (Wildman–Crippen LogP) is 7.82. The zero-order chi connectivity index (χ0) is 39.3. The summed E-state index contributed by atoms with van der Waals surface area (Å²) in [6.45, 7) is -0.205. The number of carbonyl (C=O) groups excluding carboxylic acids is 2. The van der Waals surface area contributed by atoms with Crippen LogP contribution in [-0.2, 0) is 32.2 Å². The minimum Gasteiger partial charge on any atom is -0.480 e. The topological polar surface area (TPSA) is 121 Å². The number of ether oxygens (including phenoxy) is 1. The third-order valence-electron chi connectivity index (χ3n) is 9.70. The van der Waals surface area contributed by atoms with E-state index >= 15 is 0 Å². The summed E-state index contributed by atoms with van der Waals surface area (Å²) >= 11 is 0. The van der Waals surface area contributed by atoms with E-state index in [1.807, 2.05) is 42.5 Å². The third kappa shape index (κ3) is 8.63. The molecule has 0 spiro atoms. The van der Waals surface area contributed by atoms with Crippen LogP contribution in [0.1, 0.15) is 44.7 Å². The normalized spacial score (nSPS) is 15.3. The third-order valence-corrected chi connectivity index (χ3v) is 11.7. The average molecular weight is 771 g/mol. The molecule has 1 heterocycles. The molecule has 0 saturated carbocycles. The largest absolute Gasteiger partial charge is 0.480 e. The summed E-state index contributed by atoms with van der Waals surface area (Å²) in [5.41, 5.74) is 2.67. The van der Waals surface area contributed by atoms with Gasteiger partial charge >= 0.3 is 18.1 Å². The summed E-state index contributed by atoms with van der Waals surface area (Å²) in [5, 5.41) is 10.7. The van der Waals surface area contributed by atoms with Crippen LogP contribution in [0.15, 0.2) is 132 Å². The molecule has 0 unspecified atom stereocenters. The summed E-state index contributed by atoms with van der Waals surface area (Å²) in [4.78, 5) is 41.0. The second-order valence-electron chi connectivity index (χ2n) is 13.1. The Morgan fingerprint density at radius 3 is 1.93 bits per heavy atom. The number of hydrogen-bond donors (Lipinski definition) is 1. The van der Waals surface area contributed by atoms with Crippen LogP contribution in [0.5, 0.6) is 0 Å². The Kier molecular flexibility index (Phi) is 11.5. The van der Waals surface area contributed by atoms with Crippen molar-refractivity contribution in [2.75, 3.05) is 20.2 Å². The number of nitrogens with zero attached hydrogens (tertiary/aromatic N) is 2. The molecular weight excluding hydrogens is 734 g/mol. The predicted molar refractivity (Wildman–Crippen MR) is 200 cm³/mol. The Hall–Kier alpha value is -5.79. The van der Waals surface area contributed by atoms with Gasteiger partial charge in [0.1, 0.15) is 6.04 Å². The van der Waals surface area contributed by atoms with Gasteiger partial charge in [-0.3, -0.25) is 4.79 Å². The van der Waals surface area contributed by atoms with E-state index in [1.54, 1.807) is 24.3 Å². The van der Waals surface area contributed by atoms with Crippen molar-refractivity contribution in [1.29, 1.82) is 0 Å². The molecule has 1 amide bonds. The summed E-state index contributed by atoms with van der Waals surface area (Å²) in [6.07, 6.45) is -3.85. The molecule has 1 aliphatic rings. The molecule has 2 atom stereocenters. The number of carbonyl (C=O) groups is 3. The van der Waals surface area contributed by atoms with Crippen molar-refractivity contribution in [1.82, 2.24) is 9.21 Å². The smallest absolute Gasteiger partial charge is 0.416 e. The van der Waals surface area contributed by atoms with Crippen LogP contribution in [0.2, 0.25) is 0 Å². The van der Waals surface area contributed by atoms with E-state index in [1.165, 1.54) is 57.7 Å². The van der Waals surface area contributed by atoms with Crippen molar-refractivity contribution in [3.8, 4) is 22.3 Å². The van der Waals surface area contributed by atoms with Crippen molar-refractivity contribution in [2.24, 2.45) is 0 Å². The zero-order valence-electron chi connectivity index (χ0n) is 29.6. The molecule has 5 aromatic rings. The van der Waals surface area contributed by atoms with Gasteiger partial charge in [-0.15, -0.1) is 0 Å². The van der Waals surface area contributed by atoms with Gasteiger partial charge in [-0.05, 0) is 77.1 Å². The average Bonchev–Trinajstić information content (AvgIpc) is 3.68. The first-order valence-corrected chi connectivity index (χ1v) is 18.9. The SMILES string of the molecule is COC(=O)c1ccccc1S(=O)(=O)N1CCC[C@@H]1CN(C(=O)c1ccc(-c2ccc(C(F)(F)F)cc2)cc1)[C@@H](Cc1ccc(-c2ccccc2)cc1)C(=O)O. The molecule has 9 nitrogen and oxygen atoms in total. The lowest BCUT2D eigenvalue weighted by Gasteiger charge is -2.34. The number of sulfonamides is 1. The first kappa shape index (κ1) is 38.9. The highest BCUT2D eigenvalue weighted by molar-refractivity contribution is 7.89. The molecule has 0 aliphatic carbocycles. The van der Waals surface area contributed by atoms with Crippen LogP contribution >= 0.6 is 0 Å². The first-order valence-electron chi connectivity index (χ1n) is 17.4. The van der Waals surface area contributed by atoms with Crippen LogP contribution in [0.3, 0.4) is 0 Å². The fourth-order valence-electron chi connectivity index (χ4n) is 6.82. The molecule has 5 aromatic carbocycles. The maximum atomic E-state index is 14.4. The lowest BCUT2D eigenvalue weighted by Crippen LogP contribution is -2.52. The number of methoxy groups -OCH3 is 1. The van der Waals surface area contributed by atoms with Gasteiger partial charge in [0, 0.05) is 31.1 Å². The van der Waals surface area contributed by atoms with Crippen LogP contribution < -0.4 is 0 Å². The number of esters is 1. The van der Waals surface area contributed by atoms with E-state index in [4.69, 9.17) is 4.74 Å². The second-order valence-corrected chi connectivity index (χ2v) is 15.0. The van der Waals surface area contributed by atoms with Crippen molar-refractivity contribution in [3.05, 3.63) is 150 Å². The molecule has 1 saturated heterocycles. The highest BCUT2D eigenvalue weighted by atomic mass is 32.2. The lowest BCUT2D eigenvalue weighted by molar-refractivity contribution is -0.142. The van der Waals surface area contributed by atoms with Crippen molar-refractivity contribution in [3.63, 3.8) is 0 Å². The molecule has 0 radical (unpaired) electrons. The zero-order valence-corrected chi connectivity index (χ0v) is 30.5. The van der Waals surface area contributed by atoms with Gasteiger partial charge in [-0.25, -0.2) is 18.0 Å². The molecule has 0 bridgehead atoms. The van der Waals surface area contributed by atoms with Crippen LogP contribution in [0.4, 0.5) is 13.2 Å². The van der Waals surface area contributed by atoms with E-state index < -0.39 is 51.7 Å². The first-order chi connectivity index (χ1) is 26.3. The number of amides is 1. The quantitative estimate of drug-likeness (QED) is 0.129. The van der Waals surface area contributed by atoms with Gasteiger partial charge in [-0.1, -0.05) is 91.0 Å². The van der Waals surface area contributed by atoms with Gasteiger partial charge in [0.05, 0.1) is 23.1 Å². The second kappa shape index (κ2) is 16.3. The standard InChI is InChI=1S/C42H37F3N2O7S/c1-54-41(51)36-11-5-6-12-38(36)55(52,53)47-25-7-10-35(47)27-46(37(40(49)50)26-28-13-15-30(16-14-28)29-8-3-2-4-9-29)39(48)33-19-17-31(18-20-33)32-21-23-34(24-22-32)42(43,44)45/h2-6,8-9,11-24,35,37H,7,10,25-27H2,1H3,(H,49,50)/t35-,37+/m1/s1. The molecule has 0 aromatic heterocycles. The number of hydrogen-bond acceptors (Lipinski definition) is 6. The molecular formula is C42H37F3N2O7S. The van der Waals surface area contributed by atoms with E-state index in [9.17, 15) is 41.1 Å². The number of benzene rings is 5. The van der Waals surface area contributed by atoms with Crippen molar-refractivity contribution in [2.45, 2.75) is 42.4 Å². The Morgan fingerprint density at radius 2 is 1.35 bits per heavy atom. The van der Waals surface area contributed by atoms with Crippen molar-refractivity contribution >= 4 is 27.9 Å². The summed E-state index contributed by atoms with van der Waals surface area (Å²) in [5.74, 6) is -2.81.